The van der Waals surface area contributed by atoms with Gasteiger partial charge in [-0.3, -0.25) is 4.79 Å². The van der Waals surface area contributed by atoms with Crippen LogP contribution < -0.4 is 20.5 Å². The summed E-state index contributed by atoms with van der Waals surface area (Å²) in [5, 5.41) is 3.73. The van der Waals surface area contributed by atoms with Crippen LogP contribution in [0.2, 0.25) is 0 Å². The number of nitrogens with one attached hydrogen (secondary N) is 2. The lowest BCUT2D eigenvalue weighted by molar-refractivity contribution is 0.0532. The summed E-state index contributed by atoms with van der Waals surface area (Å²) in [6, 6.07) is 8.17. The Hall–Kier alpha value is -4.05. The molecule has 0 radical (unpaired) electrons. The highest BCUT2D eigenvalue weighted by Crippen LogP contribution is 2.30. The van der Waals surface area contributed by atoms with Crippen molar-refractivity contribution in [1.29, 1.82) is 0 Å². The normalized spacial score (nSPS) is 15.9. The van der Waals surface area contributed by atoms with Gasteiger partial charge in [0.25, 0.3) is 5.56 Å². The van der Waals surface area contributed by atoms with Crippen LogP contribution in [-0.2, 0) is 4.74 Å². The lowest BCUT2D eigenvalue weighted by atomic mass is 10.1. The van der Waals surface area contributed by atoms with Gasteiger partial charge in [-0.2, -0.15) is 0 Å². The molecule has 1 aliphatic rings. The van der Waals surface area contributed by atoms with Crippen LogP contribution in [0, 0.1) is 13.8 Å². The monoisotopic (exact) mass is 473 g/mol. The Bertz CT molecular complexity index is 1440. The van der Waals surface area contributed by atoms with Gasteiger partial charge in [-0.1, -0.05) is 0 Å². The number of pyridine rings is 1. The third-order valence-electron chi connectivity index (χ3n) is 5.96. The predicted octanol–water partition coefficient (Wildman–Crippen LogP) is 3.37. The van der Waals surface area contributed by atoms with Gasteiger partial charge in [-0.25, -0.2) is 19.9 Å². The van der Waals surface area contributed by atoms with Crippen LogP contribution in [0.15, 0.2) is 41.5 Å². The van der Waals surface area contributed by atoms with Gasteiger partial charge in [0.05, 0.1) is 31.0 Å². The van der Waals surface area contributed by atoms with Crippen molar-refractivity contribution in [3.05, 3.63) is 58.4 Å². The Balaban J connectivity index is 1.55. The van der Waals surface area contributed by atoms with E-state index in [1.54, 1.807) is 25.4 Å². The number of rotatable bonds is 5. The number of H-pyrrole nitrogens is 1. The maximum atomic E-state index is 12.9. The lowest BCUT2D eigenvalue weighted by Gasteiger charge is -2.34. The molecule has 2 N–H and O–H groups in total. The quantitative estimate of drug-likeness (QED) is 0.450. The average molecular weight is 474 g/mol. The van der Waals surface area contributed by atoms with E-state index in [1.165, 1.54) is 12.8 Å². The number of aromatic nitrogens is 5. The summed E-state index contributed by atoms with van der Waals surface area (Å²) in [6.45, 7) is 8.34. The molecule has 35 heavy (non-hydrogen) atoms. The molecule has 0 aliphatic carbocycles. The molecule has 0 amide bonds. The van der Waals surface area contributed by atoms with Crippen LogP contribution in [0.5, 0.6) is 6.01 Å². The largest absolute Gasteiger partial charge is 0.467 e. The molecule has 5 rings (SSSR count). The summed E-state index contributed by atoms with van der Waals surface area (Å²) < 4.78 is 10.7. The minimum atomic E-state index is -0.254. The number of fused-ring (bicyclic) bond motifs is 1. The molecule has 3 aromatic heterocycles. The van der Waals surface area contributed by atoms with Gasteiger partial charge in [0.1, 0.15) is 17.0 Å². The predicted molar refractivity (Wildman–Crippen MR) is 135 cm³/mol. The molecule has 10 heteroatoms. The van der Waals surface area contributed by atoms with E-state index in [0.29, 0.717) is 40.4 Å². The summed E-state index contributed by atoms with van der Waals surface area (Å²) in [6.07, 6.45) is 3.46. The first-order valence-corrected chi connectivity index (χ1v) is 11.4. The Morgan fingerprint density at radius 1 is 1.17 bits per heavy atom. The molecule has 4 aromatic rings. The second-order valence-corrected chi connectivity index (χ2v) is 8.61. The molecular formula is C25H27N7O3. The number of ether oxygens (including phenoxy) is 2. The van der Waals surface area contributed by atoms with Crippen molar-refractivity contribution in [1.82, 2.24) is 24.9 Å². The highest BCUT2D eigenvalue weighted by Gasteiger charge is 2.19. The van der Waals surface area contributed by atoms with Crippen LogP contribution in [0.25, 0.3) is 22.2 Å². The molecule has 1 saturated heterocycles. The molecule has 4 heterocycles. The molecule has 1 aromatic carbocycles. The first-order valence-electron chi connectivity index (χ1n) is 11.4. The standard InChI is InChI=1S/C25H27N7O3/c1-14-9-18(5-6-21(14)32-7-8-35-15(2)13-32)30-23-22-20(28-16(3)29-24(22)33)10-19(31-23)17-11-26-25(34-4)27-12-17/h5-6,9-12,15H,7-8,13H2,1-4H3,(H,30,31)(H,28,29,33)/t15-/m1/s1. The molecule has 1 atom stereocenters. The van der Waals surface area contributed by atoms with Gasteiger partial charge >= 0.3 is 6.01 Å². The summed E-state index contributed by atoms with van der Waals surface area (Å²) in [7, 11) is 1.51. The van der Waals surface area contributed by atoms with Gasteiger partial charge in [-0.15, -0.1) is 0 Å². The van der Waals surface area contributed by atoms with Crippen molar-refractivity contribution in [3.8, 4) is 17.3 Å². The van der Waals surface area contributed by atoms with E-state index in [0.717, 1.165) is 24.3 Å². The number of aryl methyl sites for hydroxylation is 2. The fraction of sp³-hybridized carbons (Fsp3) is 0.320. The smallest absolute Gasteiger partial charge is 0.316 e. The van der Waals surface area contributed by atoms with E-state index in [1.807, 2.05) is 6.07 Å². The van der Waals surface area contributed by atoms with E-state index >= 15 is 0 Å². The third kappa shape index (κ3) is 4.65. The van der Waals surface area contributed by atoms with E-state index in [4.69, 9.17) is 14.5 Å². The minimum Gasteiger partial charge on any atom is -0.467 e. The van der Waals surface area contributed by atoms with Crippen LogP contribution in [-0.4, -0.2) is 57.8 Å². The van der Waals surface area contributed by atoms with E-state index < -0.39 is 0 Å². The van der Waals surface area contributed by atoms with E-state index in [9.17, 15) is 4.79 Å². The summed E-state index contributed by atoms with van der Waals surface area (Å²) in [5.74, 6) is 0.936. The van der Waals surface area contributed by atoms with Crippen LogP contribution >= 0.6 is 0 Å². The number of hydrogen-bond acceptors (Lipinski definition) is 9. The number of aromatic amines is 1. The topological polar surface area (TPSA) is 118 Å². The highest BCUT2D eigenvalue weighted by molar-refractivity contribution is 5.93. The zero-order valence-corrected chi connectivity index (χ0v) is 20.1. The van der Waals surface area contributed by atoms with Crippen molar-refractivity contribution >= 4 is 28.1 Å². The number of anilines is 3. The molecule has 0 spiro atoms. The average Bonchev–Trinajstić information content (AvgIpc) is 2.83. The van der Waals surface area contributed by atoms with Crippen molar-refractivity contribution in [2.75, 3.05) is 37.0 Å². The van der Waals surface area contributed by atoms with E-state index in [2.05, 4.69) is 56.1 Å². The number of nitrogens with zero attached hydrogens (tertiary/aromatic N) is 5. The van der Waals surface area contributed by atoms with E-state index in [-0.39, 0.29) is 17.7 Å². The van der Waals surface area contributed by atoms with Gasteiger partial charge in [0, 0.05) is 42.4 Å². The zero-order valence-electron chi connectivity index (χ0n) is 20.1. The highest BCUT2D eigenvalue weighted by atomic mass is 16.5. The van der Waals surface area contributed by atoms with Crippen LogP contribution in [0.4, 0.5) is 17.2 Å². The summed E-state index contributed by atoms with van der Waals surface area (Å²) in [4.78, 5) is 35.6. The minimum absolute atomic E-state index is 0.198. The van der Waals surface area contributed by atoms with Gasteiger partial charge < -0.3 is 24.7 Å². The summed E-state index contributed by atoms with van der Waals surface area (Å²) >= 11 is 0. The van der Waals surface area contributed by atoms with Crippen LogP contribution in [0.1, 0.15) is 18.3 Å². The number of morpholine rings is 1. The number of methoxy groups -OCH3 is 1. The fourth-order valence-electron chi connectivity index (χ4n) is 4.33. The third-order valence-corrected chi connectivity index (χ3v) is 5.96. The summed E-state index contributed by atoms with van der Waals surface area (Å²) in [5.41, 5.74) is 4.67. The SMILES string of the molecule is COc1ncc(-c2cc3nc(C)[nH]c(=O)c3c(Nc3ccc(N4CCO[C@H](C)C4)c(C)c3)n2)cn1. The molecule has 180 valence electrons. The molecule has 1 fully saturated rings. The number of hydrogen-bond donors (Lipinski definition) is 2. The first-order chi connectivity index (χ1) is 16.9. The molecule has 1 aliphatic heterocycles. The van der Waals surface area contributed by atoms with Crippen LogP contribution in [0.3, 0.4) is 0 Å². The van der Waals surface area contributed by atoms with Gasteiger partial charge in [-0.05, 0) is 50.6 Å². The van der Waals surface area contributed by atoms with Crippen molar-refractivity contribution in [2.24, 2.45) is 0 Å². The Labute approximate surface area is 202 Å². The molecular weight excluding hydrogens is 446 g/mol. The van der Waals surface area contributed by atoms with Gasteiger partial charge in [0.2, 0.25) is 0 Å². The number of benzene rings is 1. The Kier molecular flexibility index (Phi) is 6.04. The second-order valence-electron chi connectivity index (χ2n) is 8.61. The maximum absolute atomic E-state index is 12.9. The Morgan fingerprint density at radius 3 is 2.69 bits per heavy atom. The first kappa shape index (κ1) is 22.7. The molecule has 0 unspecified atom stereocenters. The zero-order chi connectivity index (χ0) is 24.5. The van der Waals surface area contributed by atoms with Crippen molar-refractivity contribution < 1.29 is 9.47 Å². The molecule has 0 saturated carbocycles. The van der Waals surface area contributed by atoms with Crippen molar-refractivity contribution in [3.63, 3.8) is 0 Å². The molecule has 10 nitrogen and oxygen atoms in total. The lowest BCUT2D eigenvalue weighted by Crippen LogP contribution is -2.41. The second kappa shape index (κ2) is 9.30. The van der Waals surface area contributed by atoms with Gasteiger partial charge in [0.15, 0.2) is 0 Å². The maximum Gasteiger partial charge on any atom is 0.316 e. The Morgan fingerprint density at radius 2 is 1.97 bits per heavy atom. The molecule has 0 bridgehead atoms. The fourth-order valence-corrected chi connectivity index (χ4v) is 4.33. The van der Waals surface area contributed by atoms with Crippen molar-refractivity contribution in [2.45, 2.75) is 26.9 Å².